The molecule has 0 amide bonds. The zero-order chi connectivity index (χ0) is 9.31. The minimum absolute atomic E-state index is 0.0214. The van der Waals surface area contributed by atoms with Crippen LogP contribution in [0, 0.1) is 11.3 Å². The van der Waals surface area contributed by atoms with E-state index in [1.54, 1.807) is 0 Å². The second-order valence-electron chi connectivity index (χ2n) is 4.28. The molecule has 0 aromatic heterocycles. The maximum Gasteiger partial charge on any atom is 0.310 e. The summed E-state index contributed by atoms with van der Waals surface area (Å²) in [7, 11) is 1.49. The van der Waals surface area contributed by atoms with Gasteiger partial charge in [0.25, 0.3) is 0 Å². The van der Waals surface area contributed by atoms with E-state index in [9.17, 15) is 4.79 Å². The molecular weight excluding hydrogens is 166 g/mol. The zero-order valence-corrected chi connectivity index (χ0v) is 8.14. The van der Waals surface area contributed by atoms with Crippen molar-refractivity contribution in [2.24, 2.45) is 11.3 Å². The highest BCUT2D eigenvalue weighted by molar-refractivity contribution is 5.74. The van der Waals surface area contributed by atoms with Crippen LogP contribution in [0.15, 0.2) is 0 Å². The third-order valence-electron chi connectivity index (χ3n) is 3.65. The fourth-order valence-electron chi connectivity index (χ4n) is 2.89. The van der Waals surface area contributed by atoms with Crippen molar-refractivity contribution in [2.75, 3.05) is 20.2 Å². The van der Waals surface area contributed by atoms with Gasteiger partial charge >= 0.3 is 5.97 Å². The molecule has 3 heteroatoms. The van der Waals surface area contributed by atoms with Crippen molar-refractivity contribution in [2.45, 2.75) is 25.7 Å². The first-order valence-electron chi connectivity index (χ1n) is 5.07. The molecule has 2 aliphatic rings. The molecule has 0 unspecified atom stereocenters. The van der Waals surface area contributed by atoms with E-state index in [0.29, 0.717) is 0 Å². The third-order valence-corrected chi connectivity index (χ3v) is 3.65. The highest BCUT2D eigenvalue weighted by Crippen LogP contribution is 2.46. The lowest BCUT2D eigenvalue weighted by Crippen LogP contribution is -2.33. The van der Waals surface area contributed by atoms with Crippen molar-refractivity contribution in [1.82, 2.24) is 5.32 Å². The Morgan fingerprint density at radius 1 is 1.46 bits per heavy atom. The lowest BCUT2D eigenvalue weighted by atomic mass is 9.76. The van der Waals surface area contributed by atoms with Crippen LogP contribution in [0.3, 0.4) is 0 Å². The lowest BCUT2D eigenvalue weighted by Gasteiger charge is -2.27. The van der Waals surface area contributed by atoms with Gasteiger partial charge in [0.15, 0.2) is 0 Å². The van der Waals surface area contributed by atoms with Gasteiger partial charge in [0, 0.05) is 13.1 Å². The number of nitrogens with one attached hydrogen (secondary N) is 1. The van der Waals surface area contributed by atoms with Gasteiger partial charge in [-0.2, -0.15) is 0 Å². The van der Waals surface area contributed by atoms with Gasteiger partial charge in [-0.15, -0.1) is 0 Å². The van der Waals surface area contributed by atoms with Crippen molar-refractivity contribution in [3.8, 4) is 0 Å². The summed E-state index contributed by atoms with van der Waals surface area (Å²) in [4.78, 5) is 11.5. The molecule has 2 fully saturated rings. The van der Waals surface area contributed by atoms with E-state index in [4.69, 9.17) is 4.74 Å². The Morgan fingerprint density at radius 2 is 2.15 bits per heavy atom. The van der Waals surface area contributed by atoms with E-state index >= 15 is 0 Å². The number of methoxy groups -OCH3 is 1. The van der Waals surface area contributed by atoms with Crippen LogP contribution in [0.4, 0.5) is 0 Å². The summed E-state index contributed by atoms with van der Waals surface area (Å²) >= 11 is 0. The first-order chi connectivity index (χ1) is 6.28. The van der Waals surface area contributed by atoms with Gasteiger partial charge in [-0.1, -0.05) is 12.8 Å². The minimum Gasteiger partial charge on any atom is -0.469 e. The zero-order valence-electron chi connectivity index (χ0n) is 8.14. The smallest absolute Gasteiger partial charge is 0.310 e. The predicted octanol–water partition coefficient (Wildman–Crippen LogP) is 0.939. The van der Waals surface area contributed by atoms with Gasteiger partial charge in [0.2, 0.25) is 0 Å². The average Bonchev–Trinajstić information content (AvgIpc) is 2.76. The second-order valence-corrected chi connectivity index (χ2v) is 4.28. The van der Waals surface area contributed by atoms with E-state index < -0.39 is 0 Å². The molecule has 1 aliphatic heterocycles. The van der Waals surface area contributed by atoms with E-state index in [2.05, 4.69) is 5.32 Å². The fourth-order valence-corrected chi connectivity index (χ4v) is 2.89. The van der Waals surface area contributed by atoms with E-state index in [1.165, 1.54) is 32.8 Å². The standard InChI is InChI=1S/C10H17NO2/c1-13-9(12)8-6-11-7-10(8)4-2-3-5-10/h8,11H,2-7H2,1H3/t8-/m1/s1. The summed E-state index contributed by atoms with van der Waals surface area (Å²) < 4.78 is 4.84. The summed E-state index contributed by atoms with van der Waals surface area (Å²) in [5.41, 5.74) is 0.243. The molecule has 1 spiro atoms. The Balaban J connectivity index is 2.13. The lowest BCUT2D eigenvalue weighted by molar-refractivity contribution is -0.148. The Bertz CT molecular complexity index is 203. The van der Waals surface area contributed by atoms with Crippen molar-refractivity contribution >= 4 is 5.97 Å². The Kier molecular flexibility index (Phi) is 2.28. The summed E-state index contributed by atoms with van der Waals surface area (Å²) in [5, 5.41) is 3.32. The van der Waals surface area contributed by atoms with E-state index in [1.807, 2.05) is 0 Å². The predicted molar refractivity (Wildman–Crippen MR) is 49.3 cm³/mol. The Hall–Kier alpha value is -0.570. The molecule has 3 nitrogen and oxygen atoms in total. The van der Waals surface area contributed by atoms with Gasteiger partial charge in [-0.25, -0.2) is 0 Å². The summed E-state index contributed by atoms with van der Waals surface area (Å²) in [6.07, 6.45) is 4.93. The molecule has 13 heavy (non-hydrogen) atoms. The molecule has 1 saturated heterocycles. The topological polar surface area (TPSA) is 38.3 Å². The summed E-state index contributed by atoms with van der Waals surface area (Å²) in [6.45, 7) is 1.82. The summed E-state index contributed by atoms with van der Waals surface area (Å²) in [6, 6.07) is 0. The molecule has 1 saturated carbocycles. The molecule has 1 N–H and O–H groups in total. The van der Waals surface area contributed by atoms with Crippen LogP contribution in [-0.4, -0.2) is 26.2 Å². The monoisotopic (exact) mass is 183 g/mol. The first-order valence-corrected chi connectivity index (χ1v) is 5.07. The number of esters is 1. The number of carbonyl (C=O) groups excluding carboxylic acids is 1. The Morgan fingerprint density at radius 3 is 2.77 bits per heavy atom. The van der Waals surface area contributed by atoms with Crippen LogP contribution in [-0.2, 0) is 9.53 Å². The van der Waals surface area contributed by atoms with Crippen molar-refractivity contribution in [1.29, 1.82) is 0 Å². The fraction of sp³-hybridized carbons (Fsp3) is 0.900. The van der Waals surface area contributed by atoms with E-state index in [-0.39, 0.29) is 17.3 Å². The normalized spacial score (nSPS) is 31.0. The number of hydrogen-bond donors (Lipinski definition) is 1. The molecular formula is C10H17NO2. The van der Waals surface area contributed by atoms with Crippen LogP contribution >= 0.6 is 0 Å². The number of rotatable bonds is 1. The molecule has 74 valence electrons. The van der Waals surface area contributed by atoms with Crippen molar-refractivity contribution in [3.63, 3.8) is 0 Å². The SMILES string of the molecule is COC(=O)[C@H]1CNCC12CCCC2. The molecule has 1 heterocycles. The molecule has 2 rings (SSSR count). The quantitative estimate of drug-likeness (QED) is 0.615. The number of ether oxygens (including phenoxy) is 1. The van der Waals surface area contributed by atoms with Crippen molar-refractivity contribution in [3.05, 3.63) is 0 Å². The van der Waals surface area contributed by atoms with Gasteiger partial charge in [0.1, 0.15) is 0 Å². The van der Waals surface area contributed by atoms with Crippen LogP contribution < -0.4 is 5.32 Å². The van der Waals surface area contributed by atoms with Gasteiger partial charge in [-0.3, -0.25) is 4.79 Å². The largest absolute Gasteiger partial charge is 0.469 e. The van der Waals surface area contributed by atoms with Crippen LogP contribution in [0.25, 0.3) is 0 Å². The molecule has 1 atom stereocenters. The van der Waals surface area contributed by atoms with Gasteiger partial charge < -0.3 is 10.1 Å². The van der Waals surface area contributed by atoms with Crippen LogP contribution in [0.2, 0.25) is 0 Å². The third kappa shape index (κ3) is 1.35. The van der Waals surface area contributed by atoms with Crippen LogP contribution in [0.5, 0.6) is 0 Å². The molecule has 1 aliphatic carbocycles. The highest BCUT2D eigenvalue weighted by Gasteiger charge is 2.48. The molecule has 0 aromatic carbocycles. The molecule has 0 radical (unpaired) electrons. The minimum atomic E-state index is -0.0214. The van der Waals surface area contributed by atoms with Crippen LogP contribution in [0.1, 0.15) is 25.7 Å². The summed E-state index contributed by atoms with van der Waals surface area (Å²) in [5.74, 6) is 0.0897. The molecule has 0 bridgehead atoms. The average molecular weight is 183 g/mol. The highest BCUT2D eigenvalue weighted by atomic mass is 16.5. The maximum atomic E-state index is 11.5. The Labute approximate surface area is 78.8 Å². The van der Waals surface area contributed by atoms with Gasteiger partial charge in [0.05, 0.1) is 13.0 Å². The number of carbonyl (C=O) groups is 1. The van der Waals surface area contributed by atoms with E-state index in [0.717, 1.165) is 13.1 Å². The van der Waals surface area contributed by atoms with Crippen molar-refractivity contribution < 1.29 is 9.53 Å². The maximum absolute atomic E-state index is 11.5. The van der Waals surface area contributed by atoms with Gasteiger partial charge in [-0.05, 0) is 18.3 Å². The molecule has 0 aromatic rings. The number of hydrogen-bond acceptors (Lipinski definition) is 3. The first kappa shape index (κ1) is 9.00. The second kappa shape index (κ2) is 3.29.